The zero-order chi connectivity index (χ0) is 18.2. The lowest BCUT2D eigenvalue weighted by Gasteiger charge is -2.06. The zero-order valence-electron chi connectivity index (χ0n) is 14.8. The summed E-state index contributed by atoms with van der Waals surface area (Å²) in [4.78, 5) is 28.7. The van der Waals surface area contributed by atoms with Crippen molar-refractivity contribution in [2.75, 3.05) is 12.4 Å². The molecule has 0 fully saturated rings. The molecule has 0 saturated heterocycles. The quantitative estimate of drug-likeness (QED) is 0.617. The standard InChI is InChI=1S/C19H23N3O3/c1-4-6-12-15(20-3)21-19(24)18-17(22-16(23)9-5-2)13-10-7-8-11-14(13)25-18/h6-8,10-12H,4-5,9H2,1-3H3,(H,22,23)(H,20,21,24)/b12-6-. The minimum absolute atomic E-state index is 0.0664. The fourth-order valence-electron chi connectivity index (χ4n) is 2.33. The molecule has 0 bridgehead atoms. The average molecular weight is 341 g/mol. The van der Waals surface area contributed by atoms with Crippen molar-refractivity contribution in [3.05, 3.63) is 42.2 Å². The second kappa shape index (κ2) is 8.82. The zero-order valence-corrected chi connectivity index (χ0v) is 14.8. The van der Waals surface area contributed by atoms with Gasteiger partial charge in [0, 0.05) is 18.9 Å². The molecule has 1 aromatic carbocycles. The van der Waals surface area contributed by atoms with Gasteiger partial charge < -0.3 is 15.1 Å². The van der Waals surface area contributed by atoms with Crippen LogP contribution in [-0.2, 0) is 4.79 Å². The number of carbonyl (C=O) groups is 2. The molecule has 1 heterocycles. The van der Waals surface area contributed by atoms with Gasteiger partial charge in [-0.15, -0.1) is 0 Å². The van der Waals surface area contributed by atoms with Crippen molar-refractivity contribution in [2.24, 2.45) is 4.99 Å². The Morgan fingerprint density at radius 1 is 1.24 bits per heavy atom. The van der Waals surface area contributed by atoms with Gasteiger partial charge in [-0.05, 0) is 31.1 Å². The molecule has 25 heavy (non-hydrogen) atoms. The smallest absolute Gasteiger partial charge is 0.294 e. The summed E-state index contributed by atoms with van der Waals surface area (Å²) < 4.78 is 5.68. The summed E-state index contributed by atoms with van der Waals surface area (Å²) in [6.07, 6.45) is 5.55. The van der Waals surface area contributed by atoms with E-state index in [1.165, 1.54) is 0 Å². The van der Waals surface area contributed by atoms with Gasteiger partial charge in [-0.2, -0.15) is 0 Å². The Morgan fingerprint density at radius 3 is 2.68 bits per heavy atom. The first kappa shape index (κ1) is 18.4. The highest BCUT2D eigenvalue weighted by atomic mass is 16.3. The molecule has 2 N–H and O–H groups in total. The molecule has 0 aliphatic carbocycles. The number of anilines is 1. The van der Waals surface area contributed by atoms with Gasteiger partial charge in [-0.25, -0.2) is 0 Å². The number of furan rings is 1. The number of nitrogens with zero attached hydrogens (tertiary/aromatic N) is 1. The van der Waals surface area contributed by atoms with Crippen LogP contribution < -0.4 is 10.6 Å². The Labute approximate surface area is 147 Å². The summed E-state index contributed by atoms with van der Waals surface area (Å²) in [5.41, 5.74) is 0.931. The van der Waals surface area contributed by atoms with Crippen LogP contribution in [0.15, 0.2) is 45.8 Å². The van der Waals surface area contributed by atoms with Gasteiger partial charge in [0.05, 0.1) is 0 Å². The minimum atomic E-state index is -0.454. The molecule has 6 heteroatoms. The summed E-state index contributed by atoms with van der Waals surface area (Å²) in [7, 11) is 1.60. The molecule has 0 radical (unpaired) electrons. The molecular weight excluding hydrogens is 318 g/mol. The number of hydrogen-bond acceptors (Lipinski definition) is 4. The van der Waals surface area contributed by atoms with Gasteiger partial charge in [-0.3, -0.25) is 14.6 Å². The van der Waals surface area contributed by atoms with E-state index in [4.69, 9.17) is 4.42 Å². The van der Waals surface area contributed by atoms with Crippen LogP contribution >= 0.6 is 0 Å². The van der Waals surface area contributed by atoms with Crippen molar-refractivity contribution in [1.82, 2.24) is 5.32 Å². The van der Waals surface area contributed by atoms with Gasteiger partial charge in [0.2, 0.25) is 11.7 Å². The van der Waals surface area contributed by atoms with Crippen LogP contribution in [0.2, 0.25) is 0 Å². The van der Waals surface area contributed by atoms with Crippen LogP contribution in [0.3, 0.4) is 0 Å². The lowest BCUT2D eigenvalue weighted by molar-refractivity contribution is -0.116. The van der Waals surface area contributed by atoms with E-state index in [0.717, 1.165) is 12.8 Å². The van der Waals surface area contributed by atoms with Crippen LogP contribution in [0.5, 0.6) is 0 Å². The maximum atomic E-state index is 12.6. The molecule has 0 unspecified atom stereocenters. The predicted octanol–water partition coefficient (Wildman–Crippen LogP) is 3.90. The summed E-state index contributed by atoms with van der Waals surface area (Å²) in [5, 5.41) is 6.19. The van der Waals surface area contributed by atoms with Gasteiger partial charge >= 0.3 is 0 Å². The lowest BCUT2D eigenvalue weighted by atomic mass is 10.2. The fraction of sp³-hybridized carbons (Fsp3) is 0.316. The second-order valence-electron chi connectivity index (χ2n) is 5.47. The van der Waals surface area contributed by atoms with E-state index in [1.807, 2.05) is 38.1 Å². The van der Waals surface area contributed by atoms with E-state index in [9.17, 15) is 9.59 Å². The molecule has 132 valence electrons. The van der Waals surface area contributed by atoms with E-state index >= 15 is 0 Å². The highest BCUT2D eigenvalue weighted by Gasteiger charge is 2.22. The number of rotatable bonds is 6. The summed E-state index contributed by atoms with van der Waals surface area (Å²) in [5.74, 6) is -0.113. The molecule has 0 aliphatic rings. The number of hydrogen-bond donors (Lipinski definition) is 2. The second-order valence-corrected chi connectivity index (χ2v) is 5.47. The maximum absolute atomic E-state index is 12.6. The van der Waals surface area contributed by atoms with Gasteiger partial charge in [0.1, 0.15) is 17.1 Å². The van der Waals surface area contributed by atoms with Crippen molar-refractivity contribution >= 4 is 34.3 Å². The number of carbonyl (C=O) groups excluding carboxylic acids is 2. The highest BCUT2D eigenvalue weighted by molar-refractivity contribution is 6.16. The van der Waals surface area contributed by atoms with Crippen molar-refractivity contribution in [3.8, 4) is 0 Å². The van der Waals surface area contributed by atoms with Gasteiger partial charge in [-0.1, -0.05) is 32.1 Å². The number of para-hydroxylation sites is 1. The minimum Gasteiger partial charge on any atom is -0.449 e. The first-order chi connectivity index (χ1) is 12.1. The third-order valence-electron chi connectivity index (χ3n) is 3.54. The molecule has 0 saturated carbocycles. The van der Waals surface area contributed by atoms with Crippen LogP contribution in [0.4, 0.5) is 5.69 Å². The fourth-order valence-corrected chi connectivity index (χ4v) is 2.33. The Morgan fingerprint density at radius 2 is 2.00 bits per heavy atom. The normalized spacial score (nSPS) is 11.9. The summed E-state index contributed by atoms with van der Waals surface area (Å²) >= 11 is 0. The van der Waals surface area contributed by atoms with E-state index in [1.54, 1.807) is 19.2 Å². The summed E-state index contributed by atoms with van der Waals surface area (Å²) in [6.45, 7) is 3.91. The number of aliphatic imine (C=N–C) groups is 1. The van der Waals surface area contributed by atoms with E-state index in [-0.39, 0.29) is 11.7 Å². The Balaban J connectivity index is 2.37. The van der Waals surface area contributed by atoms with Crippen LogP contribution in [0, 0.1) is 0 Å². The van der Waals surface area contributed by atoms with E-state index in [2.05, 4.69) is 15.6 Å². The number of fused-ring (bicyclic) bond motifs is 1. The Kier molecular flexibility index (Phi) is 6.51. The van der Waals surface area contributed by atoms with Gasteiger partial charge in [0.25, 0.3) is 5.91 Å². The third kappa shape index (κ3) is 4.56. The van der Waals surface area contributed by atoms with Crippen molar-refractivity contribution in [1.29, 1.82) is 0 Å². The van der Waals surface area contributed by atoms with Gasteiger partial charge in [0.15, 0.2) is 0 Å². The first-order valence-corrected chi connectivity index (χ1v) is 8.36. The molecular formula is C19H23N3O3. The largest absolute Gasteiger partial charge is 0.449 e. The summed E-state index contributed by atoms with van der Waals surface area (Å²) in [6, 6.07) is 7.21. The van der Waals surface area contributed by atoms with Crippen LogP contribution in [-0.4, -0.2) is 24.7 Å². The molecule has 2 rings (SSSR count). The Bertz CT molecular complexity index is 818. The van der Waals surface area contributed by atoms with Crippen molar-refractivity contribution in [2.45, 2.75) is 33.1 Å². The monoisotopic (exact) mass is 341 g/mol. The number of benzene rings is 1. The predicted molar refractivity (Wildman–Crippen MR) is 100 cm³/mol. The number of amides is 2. The number of allylic oxidation sites excluding steroid dienone is 1. The third-order valence-corrected chi connectivity index (χ3v) is 3.54. The van der Waals surface area contributed by atoms with E-state index < -0.39 is 5.91 Å². The highest BCUT2D eigenvalue weighted by Crippen LogP contribution is 2.31. The molecule has 2 amide bonds. The topological polar surface area (TPSA) is 83.7 Å². The maximum Gasteiger partial charge on any atom is 0.294 e. The lowest BCUT2D eigenvalue weighted by Crippen LogP contribution is -2.29. The molecule has 6 nitrogen and oxygen atoms in total. The van der Waals surface area contributed by atoms with Crippen LogP contribution in [0.1, 0.15) is 43.7 Å². The Hall–Kier alpha value is -2.89. The average Bonchev–Trinajstić information content (AvgIpc) is 2.97. The van der Waals surface area contributed by atoms with Crippen molar-refractivity contribution in [3.63, 3.8) is 0 Å². The molecule has 0 atom stereocenters. The molecule has 1 aromatic heterocycles. The molecule has 0 aliphatic heterocycles. The molecule has 0 spiro atoms. The first-order valence-electron chi connectivity index (χ1n) is 8.36. The number of nitrogens with one attached hydrogen (secondary N) is 2. The van der Waals surface area contributed by atoms with Crippen molar-refractivity contribution < 1.29 is 14.0 Å². The SMILES string of the molecule is CC/C=C\C(=NC)NC(=O)c1oc2ccccc2c1NC(=O)CCC. The van der Waals surface area contributed by atoms with Crippen LogP contribution in [0.25, 0.3) is 11.0 Å². The molecule has 2 aromatic rings. The van der Waals surface area contributed by atoms with E-state index in [0.29, 0.717) is 28.9 Å². The number of amidine groups is 1.